The molecule has 1 atom stereocenters. The van der Waals surface area contributed by atoms with Crippen molar-refractivity contribution in [1.29, 1.82) is 0 Å². The third kappa shape index (κ3) is 2.48. The van der Waals surface area contributed by atoms with Gasteiger partial charge < -0.3 is 9.57 Å². The van der Waals surface area contributed by atoms with Crippen LogP contribution in [0.2, 0.25) is 0 Å². The van der Waals surface area contributed by atoms with Crippen LogP contribution < -0.4 is 0 Å². The minimum absolute atomic E-state index is 0.153. The zero-order valence-electron chi connectivity index (χ0n) is 11.4. The molecule has 1 saturated carbocycles. The van der Waals surface area contributed by atoms with E-state index in [4.69, 9.17) is 9.57 Å². The summed E-state index contributed by atoms with van der Waals surface area (Å²) in [7, 11) is 0. The summed E-state index contributed by atoms with van der Waals surface area (Å²) in [5, 5.41) is 4.14. The molecular formula is C14H24N2O2. The van der Waals surface area contributed by atoms with Crippen molar-refractivity contribution in [3.63, 3.8) is 0 Å². The molecule has 102 valence electrons. The van der Waals surface area contributed by atoms with Gasteiger partial charge in [-0.25, -0.2) is 0 Å². The Hall–Kier alpha value is -0.770. The lowest BCUT2D eigenvalue weighted by Gasteiger charge is -2.41. The van der Waals surface area contributed by atoms with E-state index in [0.29, 0.717) is 6.61 Å². The van der Waals surface area contributed by atoms with Crippen molar-refractivity contribution in [2.75, 3.05) is 26.2 Å². The first-order valence-corrected chi connectivity index (χ1v) is 7.36. The summed E-state index contributed by atoms with van der Waals surface area (Å²) in [5.74, 6) is 0.849. The van der Waals surface area contributed by atoms with E-state index in [9.17, 15) is 0 Å². The van der Waals surface area contributed by atoms with E-state index in [1.54, 1.807) is 0 Å². The molecule has 18 heavy (non-hydrogen) atoms. The number of ether oxygens (including phenoxy) is 1. The van der Waals surface area contributed by atoms with Crippen LogP contribution in [0.3, 0.4) is 0 Å². The van der Waals surface area contributed by atoms with E-state index in [-0.39, 0.29) is 11.5 Å². The van der Waals surface area contributed by atoms with Crippen molar-refractivity contribution in [1.82, 2.24) is 4.90 Å². The predicted octanol–water partition coefficient (Wildman–Crippen LogP) is 2.39. The molecule has 2 heterocycles. The summed E-state index contributed by atoms with van der Waals surface area (Å²) in [5.41, 5.74) is 0.153. The number of hydrogen-bond donors (Lipinski definition) is 0. The van der Waals surface area contributed by atoms with Gasteiger partial charge in [0.15, 0.2) is 6.61 Å². The fourth-order valence-electron chi connectivity index (χ4n) is 3.09. The van der Waals surface area contributed by atoms with E-state index < -0.39 is 0 Å². The van der Waals surface area contributed by atoms with Crippen molar-refractivity contribution in [2.24, 2.45) is 10.6 Å². The monoisotopic (exact) mass is 252 g/mol. The average molecular weight is 252 g/mol. The largest absolute Gasteiger partial charge is 0.470 e. The van der Waals surface area contributed by atoms with Crippen molar-refractivity contribution in [2.45, 2.75) is 51.6 Å². The Kier molecular flexibility index (Phi) is 3.46. The molecule has 1 saturated heterocycles. The molecule has 0 N–H and O–H groups in total. The van der Waals surface area contributed by atoms with Gasteiger partial charge in [0.25, 0.3) is 0 Å². The van der Waals surface area contributed by atoms with Gasteiger partial charge in [-0.2, -0.15) is 0 Å². The van der Waals surface area contributed by atoms with E-state index >= 15 is 0 Å². The number of likely N-dealkylation sites (tertiary alicyclic amines) is 1. The molecule has 1 unspecified atom stereocenters. The lowest BCUT2D eigenvalue weighted by atomic mass is 9.70. The zero-order valence-corrected chi connectivity index (χ0v) is 11.4. The van der Waals surface area contributed by atoms with Crippen molar-refractivity contribution in [3.8, 4) is 0 Å². The van der Waals surface area contributed by atoms with Gasteiger partial charge >= 0.3 is 0 Å². The number of nitrogens with zero attached hydrogens (tertiary/aromatic N) is 2. The Labute approximate surface area is 109 Å². The number of rotatable bonds is 3. The van der Waals surface area contributed by atoms with Crippen LogP contribution in [-0.4, -0.2) is 43.1 Å². The highest BCUT2D eigenvalue weighted by molar-refractivity contribution is 5.83. The molecule has 4 heteroatoms. The van der Waals surface area contributed by atoms with Crippen molar-refractivity contribution < 1.29 is 9.57 Å². The van der Waals surface area contributed by atoms with Crippen LogP contribution in [0.15, 0.2) is 5.16 Å². The first-order valence-electron chi connectivity index (χ1n) is 7.36. The Balaban J connectivity index is 1.54. The van der Waals surface area contributed by atoms with Gasteiger partial charge in [-0.1, -0.05) is 24.9 Å². The minimum atomic E-state index is 0.153. The summed E-state index contributed by atoms with van der Waals surface area (Å²) >= 11 is 0. The minimum Gasteiger partial charge on any atom is -0.470 e. The van der Waals surface area contributed by atoms with Crippen molar-refractivity contribution >= 4 is 5.90 Å². The second-order valence-corrected chi connectivity index (χ2v) is 6.21. The highest BCUT2D eigenvalue weighted by Gasteiger charge is 2.42. The van der Waals surface area contributed by atoms with E-state index in [1.807, 2.05) is 0 Å². The second-order valence-electron chi connectivity index (χ2n) is 6.21. The highest BCUT2D eigenvalue weighted by Crippen LogP contribution is 2.42. The maximum Gasteiger partial charge on any atom is 0.232 e. The van der Waals surface area contributed by atoms with Crippen LogP contribution in [0, 0.1) is 5.41 Å². The smallest absolute Gasteiger partial charge is 0.232 e. The van der Waals surface area contributed by atoms with Gasteiger partial charge in [-0.05, 0) is 38.8 Å². The van der Waals surface area contributed by atoms with E-state index in [2.05, 4.69) is 17.0 Å². The van der Waals surface area contributed by atoms with E-state index in [0.717, 1.165) is 12.4 Å². The predicted molar refractivity (Wildman–Crippen MR) is 70.5 cm³/mol. The molecule has 3 rings (SSSR count). The molecule has 1 aliphatic carbocycles. The maximum absolute atomic E-state index is 6.08. The molecule has 2 aliphatic heterocycles. The molecule has 2 fully saturated rings. The molecule has 3 aliphatic rings. The van der Waals surface area contributed by atoms with Gasteiger partial charge in [-0.3, -0.25) is 4.90 Å². The van der Waals surface area contributed by atoms with Gasteiger partial charge in [0, 0.05) is 12.0 Å². The number of piperidine rings is 1. The number of hydrogen-bond acceptors (Lipinski definition) is 4. The first-order chi connectivity index (χ1) is 8.76. The molecule has 0 radical (unpaired) electrons. The van der Waals surface area contributed by atoms with Crippen LogP contribution in [0.4, 0.5) is 0 Å². The van der Waals surface area contributed by atoms with Gasteiger partial charge in [0.05, 0.1) is 0 Å². The Bertz CT molecular complexity index is 320. The van der Waals surface area contributed by atoms with Gasteiger partial charge in [0.1, 0.15) is 6.10 Å². The van der Waals surface area contributed by atoms with Crippen LogP contribution in [0.5, 0.6) is 0 Å². The summed E-state index contributed by atoms with van der Waals surface area (Å²) in [6.07, 6.45) is 7.86. The fourth-order valence-corrected chi connectivity index (χ4v) is 3.09. The quantitative estimate of drug-likeness (QED) is 0.773. The molecule has 0 aromatic carbocycles. The van der Waals surface area contributed by atoms with Crippen LogP contribution in [-0.2, 0) is 9.57 Å². The SMILES string of the molecule is CC1(C2=NOCC(CN3CCCCC3)O2)CCC1. The van der Waals surface area contributed by atoms with E-state index in [1.165, 1.54) is 51.6 Å². The van der Waals surface area contributed by atoms with Crippen LogP contribution in [0.1, 0.15) is 45.4 Å². The third-order valence-electron chi connectivity index (χ3n) is 4.57. The summed E-state index contributed by atoms with van der Waals surface area (Å²) in [6, 6.07) is 0. The molecule has 0 bridgehead atoms. The summed E-state index contributed by atoms with van der Waals surface area (Å²) in [6.45, 7) is 6.26. The third-order valence-corrected chi connectivity index (χ3v) is 4.57. The fraction of sp³-hybridized carbons (Fsp3) is 0.929. The topological polar surface area (TPSA) is 34.1 Å². The molecule has 0 amide bonds. The molecular weight excluding hydrogens is 228 g/mol. The average Bonchev–Trinajstić information content (AvgIpc) is 2.37. The first kappa shape index (κ1) is 12.3. The normalized spacial score (nSPS) is 31.8. The highest BCUT2D eigenvalue weighted by atomic mass is 16.7. The summed E-state index contributed by atoms with van der Waals surface area (Å²) in [4.78, 5) is 7.90. The molecule has 0 aromatic heterocycles. The van der Waals surface area contributed by atoms with Crippen LogP contribution in [0.25, 0.3) is 0 Å². The number of oxime groups is 1. The Morgan fingerprint density at radius 3 is 2.67 bits per heavy atom. The second kappa shape index (κ2) is 5.08. The summed E-state index contributed by atoms with van der Waals surface area (Å²) < 4.78 is 6.08. The molecule has 0 aromatic rings. The Morgan fingerprint density at radius 1 is 1.22 bits per heavy atom. The molecule has 4 nitrogen and oxygen atoms in total. The maximum atomic E-state index is 6.08. The van der Waals surface area contributed by atoms with Gasteiger partial charge in [0.2, 0.25) is 5.90 Å². The van der Waals surface area contributed by atoms with Gasteiger partial charge in [-0.15, -0.1) is 0 Å². The molecule has 0 spiro atoms. The standard InChI is InChI=1S/C14H24N2O2/c1-14(6-5-7-14)13-15-17-11-12(18-13)10-16-8-3-2-4-9-16/h12H,2-11H2,1H3. The zero-order chi connectivity index (χ0) is 12.4. The lowest BCUT2D eigenvalue weighted by molar-refractivity contribution is -0.0268. The van der Waals surface area contributed by atoms with Crippen molar-refractivity contribution in [3.05, 3.63) is 0 Å². The Morgan fingerprint density at radius 2 is 2.00 bits per heavy atom. The lowest BCUT2D eigenvalue weighted by Crippen LogP contribution is -2.46. The van der Waals surface area contributed by atoms with Crippen LogP contribution >= 0.6 is 0 Å².